The predicted octanol–water partition coefficient (Wildman–Crippen LogP) is 3.39. The lowest BCUT2D eigenvalue weighted by atomic mass is 10.00. The number of aromatic nitrogens is 1. The Labute approximate surface area is 122 Å². The smallest absolute Gasteiger partial charge is 0.137 e. The normalized spacial score (nSPS) is 12.2. The summed E-state index contributed by atoms with van der Waals surface area (Å²) in [6, 6.07) is 5.00. The Hall–Kier alpha value is -2.01. The number of nitrogens with two attached hydrogens (primary N) is 1. The SMILES string of the molecule is CCCOc1cncc(C(N)Cc2c(F)cccc2F)c1. The Morgan fingerprint density at radius 3 is 2.62 bits per heavy atom. The van der Waals surface area contributed by atoms with Crippen LogP contribution < -0.4 is 10.5 Å². The van der Waals surface area contributed by atoms with Gasteiger partial charge in [-0.25, -0.2) is 8.78 Å². The number of pyridine rings is 1. The van der Waals surface area contributed by atoms with Gasteiger partial charge in [0.25, 0.3) is 0 Å². The van der Waals surface area contributed by atoms with Crippen LogP contribution in [-0.4, -0.2) is 11.6 Å². The fourth-order valence-corrected chi connectivity index (χ4v) is 2.00. The summed E-state index contributed by atoms with van der Waals surface area (Å²) in [5, 5.41) is 0. The standard InChI is InChI=1S/C16H18F2N2O/c1-2-6-21-12-7-11(9-20-10-12)16(19)8-13-14(17)4-3-5-15(13)18/h3-5,7,9-10,16H,2,6,8,19H2,1H3. The molecule has 0 saturated heterocycles. The Bertz CT molecular complexity index is 584. The van der Waals surface area contributed by atoms with Crippen molar-refractivity contribution >= 4 is 0 Å². The van der Waals surface area contributed by atoms with Gasteiger partial charge in [-0.1, -0.05) is 13.0 Å². The van der Waals surface area contributed by atoms with Crippen LogP contribution in [0.3, 0.4) is 0 Å². The van der Waals surface area contributed by atoms with E-state index in [1.807, 2.05) is 6.92 Å². The van der Waals surface area contributed by atoms with Gasteiger partial charge in [-0.2, -0.15) is 0 Å². The molecular weight excluding hydrogens is 274 g/mol. The van der Waals surface area contributed by atoms with Crippen molar-refractivity contribution in [2.24, 2.45) is 5.73 Å². The highest BCUT2D eigenvalue weighted by Gasteiger charge is 2.15. The highest BCUT2D eigenvalue weighted by Crippen LogP contribution is 2.22. The first-order chi connectivity index (χ1) is 10.1. The summed E-state index contributed by atoms with van der Waals surface area (Å²) in [4.78, 5) is 4.05. The van der Waals surface area contributed by atoms with Crippen molar-refractivity contribution in [2.45, 2.75) is 25.8 Å². The topological polar surface area (TPSA) is 48.1 Å². The molecule has 0 aliphatic heterocycles. The average molecular weight is 292 g/mol. The number of hydrogen-bond donors (Lipinski definition) is 1. The number of rotatable bonds is 6. The molecule has 3 nitrogen and oxygen atoms in total. The zero-order chi connectivity index (χ0) is 15.2. The molecule has 0 aliphatic rings. The maximum atomic E-state index is 13.6. The van der Waals surface area contributed by atoms with Crippen molar-refractivity contribution in [1.29, 1.82) is 0 Å². The molecule has 2 aromatic rings. The Morgan fingerprint density at radius 1 is 1.24 bits per heavy atom. The van der Waals surface area contributed by atoms with Gasteiger partial charge in [0.1, 0.15) is 17.4 Å². The molecule has 0 spiro atoms. The molecule has 1 heterocycles. The zero-order valence-corrected chi connectivity index (χ0v) is 11.9. The third-order valence-electron chi connectivity index (χ3n) is 3.12. The molecule has 1 aromatic heterocycles. The van der Waals surface area contributed by atoms with Crippen LogP contribution in [0, 0.1) is 11.6 Å². The summed E-state index contributed by atoms with van der Waals surface area (Å²) in [5.41, 5.74) is 6.71. The minimum absolute atomic E-state index is 0.00937. The molecule has 112 valence electrons. The summed E-state index contributed by atoms with van der Waals surface area (Å²) in [6.07, 6.45) is 4.13. The van der Waals surface area contributed by atoms with E-state index < -0.39 is 17.7 Å². The quantitative estimate of drug-likeness (QED) is 0.887. The van der Waals surface area contributed by atoms with Gasteiger partial charge in [0, 0.05) is 17.8 Å². The first kappa shape index (κ1) is 15.4. The van der Waals surface area contributed by atoms with Crippen LogP contribution in [0.5, 0.6) is 5.75 Å². The van der Waals surface area contributed by atoms with Crippen molar-refractivity contribution in [2.75, 3.05) is 6.61 Å². The summed E-state index contributed by atoms with van der Waals surface area (Å²) in [5.74, 6) is -0.563. The predicted molar refractivity (Wildman–Crippen MR) is 77.0 cm³/mol. The van der Waals surface area contributed by atoms with Crippen LogP contribution in [0.15, 0.2) is 36.7 Å². The van der Waals surface area contributed by atoms with E-state index in [0.29, 0.717) is 17.9 Å². The Morgan fingerprint density at radius 2 is 1.95 bits per heavy atom. The molecule has 0 amide bonds. The second kappa shape index (κ2) is 7.13. The van der Waals surface area contributed by atoms with Gasteiger partial charge in [0.05, 0.1) is 12.8 Å². The Kier molecular flexibility index (Phi) is 5.22. The van der Waals surface area contributed by atoms with Gasteiger partial charge in [-0.15, -0.1) is 0 Å². The highest BCUT2D eigenvalue weighted by atomic mass is 19.1. The lowest BCUT2D eigenvalue weighted by molar-refractivity contribution is 0.315. The van der Waals surface area contributed by atoms with Crippen LogP contribution in [0.4, 0.5) is 8.78 Å². The van der Waals surface area contributed by atoms with E-state index in [0.717, 1.165) is 6.42 Å². The zero-order valence-electron chi connectivity index (χ0n) is 11.9. The molecule has 21 heavy (non-hydrogen) atoms. The number of halogens is 2. The van der Waals surface area contributed by atoms with Crippen LogP contribution in [0.2, 0.25) is 0 Å². The second-order valence-corrected chi connectivity index (χ2v) is 4.81. The monoisotopic (exact) mass is 292 g/mol. The summed E-state index contributed by atoms with van der Waals surface area (Å²) >= 11 is 0. The molecule has 1 atom stereocenters. The van der Waals surface area contributed by atoms with Gasteiger partial charge in [-0.3, -0.25) is 4.98 Å². The van der Waals surface area contributed by atoms with Crippen molar-refractivity contribution in [3.8, 4) is 5.75 Å². The maximum absolute atomic E-state index is 13.6. The van der Waals surface area contributed by atoms with Gasteiger partial charge >= 0.3 is 0 Å². The molecule has 2 N–H and O–H groups in total. The van der Waals surface area contributed by atoms with Crippen LogP contribution in [0.25, 0.3) is 0 Å². The molecule has 0 bridgehead atoms. The minimum Gasteiger partial charge on any atom is -0.492 e. The molecule has 5 heteroatoms. The fourth-order valence-electron chi connectivity index (χ4n) is 2.00. The maximum Gasteiger partial charge on any atom is 0.137 e. The van der Waals surface area contributed by atoms with E-state index in [4.69, 9.17) is 10.5 Å². The van der Waals surface area contributed by atoms with E-state index in [-0.39, 0.29) is 12.0 Å². The van der Waals surface area contributed by atoms with Crippen molar-refractivity contribution < 1.29 is 13.5 Å². The first-order valence-corrected chi connectivity index (χ1v) is 6.88. The largest absolute Gasteiger partial charge is 0.492 e. The molecule has 0 saturated carbocycles. The van der Waals surface area contributed by atoms with Gasteiger partial charge in [0.2, 0.25) is 0 Å². The molecule has 1 aromatic carbocycles. The fraction of sp³-hybridized carbons (Fsp3) is 0.312. The highest BCUT2D eigenvalue weighted by molar-refractivity contribution is 5.28. The molecule has 0 radical (unpaired) electrons. The Balaban J connectivity index is 2.14. The third kappa shape index (κ3) is 3.98. The third-order valence-corrected chi connectivity index (χ3v) is 3.12. The van der Waals surface area contributed by atoms with Gasteiger partial charge in [0.15, 0.2) is 0 Å². The first-order valence-electron chi connectivity index (χ1n) is 6.88. The number of benzene rings is 1. The minimum atomic E-state index is -0.586. The lowest BCUT2D eigenvalue weighted by Gasteiger charge is -2.14. The number of nitrogens with zero attached hydrogens (tertiary/aromatic N) is 1. The average Bonchev–Trinajstić information content (AvgIpc) is 2.49. The molecule has 1 unspecified atom stereocenters. The lowest BCUT2D eigenvalue weighted by Crippen LogP contribution is -2.15. The van der Waals surface area contributed by atoms with Crippen LogP contribution in [-0.2, 0) is 6.42 Å². The summed E-state index contributed by atoms with van der Waals surface area (Å²) in [7, 11) is 0. The summed E-state index contributed by atoms with van der Waals surface area (Å²) < 4.78 is 32.8. The number of ether oxygens (including phenoxy) is 1. The van der Waals surface area contributed by atoms with Crippen molar-refractivity contribution in [1.82, 2.24) is 4.98 Å². The number of hydrogen-bond acceptors (Lipinski definition) is 3. The van der Waals surface area contributed by atoms with Crippen molar-refractivity contribution in [3.63, 3.8) is 0 Å². The molecule has 0 aliphatic carbocycles. The van der Waals surface area contributed by atoms with E-state index in [2.05, 4.69) is 4.98 Å². The van der Waals surface area contributed by atoms with Crippen molar-refractivity contribution in [3.05, 3.63) is 59.4 Å². The van der Waals surface area contributed by atoms with Gasteiger partial charge in [-0.05, 0) is 36.6 Å². The van der Waals surface area contributed by atoms with E-state index in [1.165, 1.54) is 18.2 Å². The van der Waals surface area contributed by atoms with E-state index in [1.54, 1.807) is 18.5 Å². The molecule has 2 rings (SSSR count). The van der Waals surface area contributed by atoms with E-state index in [9.17, 15) is 8.78 Å². The van der Waals surface area contributed by atoms with Crippen LogP contribution in [0.1, 0.15) is 30.5 Å². The van der Waals surface area contributed by atoms with E-state index >= 15 is 0 Å². The second-order valence-electron chi connectivity index (χ2n) is 4.81. The van der Waals surface area contributed by atoms with Crippen LogP contribution >= 0.6 is 0 Å². The molecular formula is C16H18F2N2O. The summed E-state index contributed by atoms with van der Waals surface area (Å²) in [6.45, 7) is 2.59. The van der Waals surface area contributed by atoms with Gasteiger partial charge < -0.3 is 10.5 Å². The molecule has 0 fully saturated rings.